The first-order chi connectivity index (χ1) is 12.0. The van der Waals surface area contributed by atoms with E-state index in [2.05, 4.69) is 15.2 Å². The van der Waals surface area contributed by atoms with Crippen LogP contribution in [0.3, 0.4) is 0 Å². The number of nitrogens with two attached hydrogens (primary N) is 1. The molecule has 0 fully saturated rings. The Balaban J connectivity index is 2.42. The Hall–Kier alpha value is -2.89. The van der Waals surface area contributed by atoms with Gasteiger partial charge in [0.15, 0.2) is 5.69 Å². The minimum atomic E-state index is -4.72. The lowest BCUT2D eigenvalue weighted by molar-refractivity contribution is -0.141. The van der Waals surface area contributed by atoms with Crippen LogP contribution in [0.1, 0.15) is 41.8 Å². The highest BCUT2D eigenvalue weighted by Gasteiger charge is 2.35. The molecule has 2 aromatic rings. The quantitative estimate of drug-likeness (QED) is 0.774. The van der Waals surface area contributed by atoms with Crippen molar-refractivity contribution in [1.29, 1.82) is 0 Å². The zero-order valence-electron chi connectivity index (χ0n) is 13.7. The maximum absolute atomic E-state index is 12.7. The summed E-state index contributed by atoms with van der Waals surface area (Å²) < 4.78 is 43.5. The molecule has 0 aliphatic heterocycles. The Bertz CT molecular complexity index is 901. The molecular formula is C14H13F3N4O4S. The number of ether oxygens (including phenoxy) is 1. The molecule has 0 radical (unpaired) electrons. The Morgan fingerprint density at radius 3 is 2.42 bits per heavy atom. The molecule has 140 valence electrons. The summed E-state index contributed by atoms with van der Waals surface area (Å²) in [4.78, 5) is 35.7. The van der Waals surface area contributed by atoms with Crippen molar-refractivity contribution in [2.24, 2.45) is 12.8 Å². The summed E-state index contributed by atoms with van der Waals surface area (Å²) in [5, 5.41) is 5.46. The van der Waals surface area contributed by atoms with E-state index in [1.807, 2.05) is 0 Å². The van der Waals surface area contributed by atoms with Gasteiger partial charge >= 0.3 is 12.1 Å². The SMILES string of the molecule is COC(=O)c1sc(NC(=O)c2cc(C(F)(F)F)nn2C)c(C(N)=O)c1C. The van der Waals surface area contributed by atoms with Gasteiger partial charge in [0.2, 0.25) is 0 Å². The number of alkyl halides is 3. The fraction of sp³-hybridized carbons (Fsp3) is 0.286. The van der Waals surface area contributed by atoms with Crippen molar-refractivity contribution < 1.29 is 32.3 Å². The number of carbonyl (C=O) groups is 3. The average Bonchev–Trinajstić information content (AvgIpc) is 3.06. The van der Waals surface area contributed by atoms with Crippen LogP contribution < -0.4 is 11.1 Å². The van der Waals surface area contributed by atoms with Crippen molar-refractivity contribution in [1.82, 2.24) is 9.78 Å². The minimum Gasteiger partial charge on any atom is -0.465 e. The molecule has 3 N–H and O–H groups in total. The van der Waals surface area contributed by atoms with Crippen LogP contribution in [0.2, 0.25) is 0 Å². The molecule has 0 atom stereocenters. The van der Waals surface area contributed by atoms with E-state index in [9.17, 15) is 27.6 Å². The Kier molecular flexibility index (Phi) is 5.07. The number of thiophene rings is 1. The number of primary amides is 1. The second-order valence-electron chi connectivity index (χ2n) is 5.11. The Labute approximate surface area is 148 Å². The number of rotatable bonds is 4. The van der Waals surface area contributed by atoms with E-state index in [0.717, 1.165) is 23.1 Å². The van der Waals surface area contributed by atoms with Gasteiger partial charge in [0.1, 0.15) is 15.6 Å². The predicted molar refractivity (Wildman–Crippen MR) is 85.1 cm³/mol. The topological polar surface area (TPSA) is 116 Å². The molecule has 12 heteroatoms. The van der Waals surface area contributed by atoms with Gasteiger partial charge in [-0.15, -0.1) is 11.3 Å². The molecule has 0 aromatic carbocycles. The van der Waals surface area contributed by atoms with E-state index >= 15 is 0 Å². The first-order valence-corrected chi connectivity index (χ1v) is 7.73. The molecule has 0 saturated carbocycles. The van der Waals surface area contributed by atoms with Crippen molar-refractivity contribution in [3.8, 4) is 0 Å². The third kappa shape index (κ3) is 3.54. The number of nitrogens with one attached hydrogen (secondary N) is 1. The molecule has 2 amide bonds. The zero-order chi connectivity index (χ0) is 19.8. The third-order valence-corrected chi connectivity index (χ3v) is 4.58. The van der Waals surface area contributed by atoms with E-state index in [1.165, 1.54) is 14.0 Å². The standard InChI is InChI=1S/C14H13F3N4O4S/c1-5-8(10(18)22)12(26-9(5)13(24)25-3)19-11(23)6-4-7(14(15,16)17)20-21(6)2/h4H,1-3H3,(H2,18,22)(H,19,23). The van der Waals surface area contributed by atoms with E-state index in [0.29, 0.717) is 6.07 Å². The summed E-state index contributed by atoms with van der Waals surface area (Å²) >= 11 is 0.729. The van der Waals surface area contributed by atoms with Crippen LogP contribution in [0.25, 0.3) is 0 Å². The number of hydrogen-bond acceptors (Lipinski definition) is 6. The van der Waals surface area contributed by atoms with E-state index < -0.39 is 35.3 Å². The first-order valence-electron chi connectivity index (χ1n) is 6.91. The molecule has 0 aliphatic carbocycles. The number of aromatic nitrogens is 2. The second-order valence-corrected chi connectivity index (χ2v) is 6.13. The maximum atomic E-state index is 12.7. The number of anilines is 1. The van der Waals surface area contributed by atoms with Crippen molar-refractivity contribution in [2.75, 3.05) is 12.4 Å². The molecule has 8 nitrogen and oxygen atoms in total. The molecule has 0 bridgehead atoms. The lowest BCUT2D eigenvalue weighted by atomic mass is 10.1. The summed E-state index contributed by atoms with van der Waals surface area (Å²) in [6.45, 7) is 1.43. The van der Waals surface area contributed by atoms with Crippen molar-refractivity contribution >= 4 is 34.1 Å². The van der Waals surface area contributed by atoms with Crippen LogP contribution in [0.4, 0.5) is 18.2 Å². The number of nitrogens with zero attached hydrogens (tertiary/aromatic N) is 2. The van der Waals surface area contributed by atoms with E-state index in [1.54, 1.807) is 0 Å². The lowest BCUT2D eigenvalue weighted by Crippen LogP contribution is -2.19. The third-order valence-electron chi connectivity index (χ3n) is 3.39. The number of amides is 2. The van der Waals surface area contributed by atoms with E-state index in [4.69, 9.17) is 5.73 Å². The van der Waals surface area contributed by atoms with Gasteiger partial charge in [-0.1, -0.05) is 0 Å². The zero-order valence-corrected chi connectivity index (χ0v) is 14.5. The molecule has 26 heavy (non-hydrogen) atoms. The molecule has 2 rings (SSSR count). The van der Waals surface area contributed by atoms with Gasteiger partial charge in [0.05, 0.1) is 12.7 Å². The van der Waals surface area contributed by atoms with Crippen molar-refractivity contribution in [3.63, 3.8) is 0 Å². The number of halogens is 3. The summed E-state index contributed by atoms with van der Waals surface area (Å²) in [5.74, 6) is -2.60. The minimum absolute atomic E-state index is 0.0394. The van der Waals surface area contributed by atoms with Crippen LogP contribution in [0.15, 0.2) is 6.07 Å². The predicted octanol–water partition coefficient (Wildman–Crippen LogP) is 1.95. The number of hydrogen-bond donors (Lipinski definition) is 2. The molecule has 0 spiro atoms. The van der Waals surface area contributed by atoms with Crippen molar-refractivity contribution in [2.45, 2.75) is 13.1 Å². The van der Waals surface area contributed by atoms with Gasteiger partial charge in [0.25, 0.3) is 11.8 Å². The Morgan fingerprint density at radius 1 is 1.35 bits per heavy atom. The lowest BCUT2D eigenvalue weighted by Gasteiger charge is -2.05. The van der Waals surface area contributed by atoms with Crippen LogP contribution in [-0.2, 0) is 18.0 Å². The highest BCUT2D eigenvalue weighted by atomic mass is 32.1. The number of aryl methyl sites for hydroxylation is 1. The molecule has 0 saturated heterocycles. The fourth-order valence-corrected chi connectivity index (χ4v) is 3.30. The van der Waals surface area contributed by atoms with Crippen LogP contribution in [0.5, 0.6) is 0 Å². The second kappa shape index (κ2) is 6.78. The Morgan fingerprint density at radius 2 is 1.96 bits per heavy atom. The number of methoxy groups -OCH3 is 1. The van der Waals surface area contributed by atoms with Gasteiger partial charge < -0.3 is 15.8 Å². The average molecular weight is 390 g/mol. The number of carbonyl (C=O) groups excluding carboxylic acids is 3. The van der Waals surface area contributed by atoms with E-state index in [-0.39, 0.29) is 21.0 Å². The molecule has 0 aliphatic rings. The monoisotopic (exact) mass is 390 g/mol. The van der Waals surface area contributed by atoms with Crippen LogP contribution >= 0.6 is 11.3 Å². The number of esters is 1. The molecular weight excluding hydrogens is 377 g/mol. The van der Waals surface area contributed by atoms with Gasteiger partial charge in [-0.05, 0) is 12.5 Å². The molecule has 0 unspecified atom stereocenters. The summed E-state index contributed by atoms with van der Waals surface area (Å²) in [5.41, 5.74) is 3.72. The summed E-state index contributed by atoms with van der Waals surface area (Å²) in [7, 11) is 2.30. The summed E-state index contributed by atoms with van der Waals surface area (Å²) in [6.07, 6.45) is -4.72. The van der Waals surface area contributed by atoms with Gasteiger partial charge in [-0.2, -0.15) is 18.3 Å². The highest BCUT2D eigenvalue weighted by molar-refractivity contribution is 7.18. The smallest absolute Gasteiger partial charge is 0.435 e. The first kappa shape index (κ1) is 19.4. The summed E-state index contributed by atoms with van der Waals surface area (Å²) in [6, 6.07) is 0.570. The maximum Gasteiger partial charge on any atom is 0.435 e. The van der Waals surface area contributed by atoms with Crippen molar-refractivity contribution in [3.05, 3.63) is 33.5 Å². The van der Waals surface area contributed by atoms with Gasteiger partial charge in [-0.25, -0.2) is 4.79 Å². The normalized spacial score (nSPS) is 11.3. The largest absolute Gasteiger partial charge is 0.465 e. The van der Waals surface area contributed by atoms with Gasteiger partial charge in [0, 0.05) is 13.1 Å². The van der Waals surface area contributed by atoms with Crippen LogP contribution in [0, 0.1) is 6.92 Å². The molecule has 2 heterocycles. The fourth-order valence-electron chi connectivity index (χ4n) is 2.17. The van der Waals surface area contributed by atoms with Crippen LogP contribution in [-0.4, -0.2) is 34.7 Å². The van der Waals surface area contributed by atoms with Gasteiger partial charge in [-0.3, -0.25) is 14.3 Å². The highest BCUT2D eigenvalue weighted by Crippen LogP contribution is 2.34. The molecule has 2 aromatic heterocycles.